The number of fused-ring (bicyclic) bond motifs is 2. The maximum absolute atomic E-state index is 13.3. The highest BCUT2D eigenvalue weighted by Gasteiger charge is 2.35. The fraction of sp³-hybridized carbons (Fsp3) is 0.481. The van der Waals surface area contributed by atoms with Crippen LogP contribution in [0.4, 0.5) is 0 Å². The number of thiazole rings is 1. The van der Waals surface area contributed by atoms with Gasteiger partial charge in [0, 0.05) is 72.9 Å². The van der Waals surface area contributed by atoms with Crippen molar-refractivity contribution < 1.29 is 14.4 Å². The molecule has 3 aromatic rings. The average molecular weight is 557 g/mol. The molecule has 3 N–H and O–H groups in total. The van der Waals surface area contributed by atoms with Crippen LogP contribution in [0.1, 0.15) is 56.5 Å². The molecule has 5 rings (SSSR count). The summed E-state index contributed by atoms with van der Waals surface area (Å²) >= 11 is 7.54. The van der Waals surface area contributed by atoms with Crippen molar-refractivity contribution in [2.24, 2.45) is 5.92 Å². The Kier molecular flexibility index (Phi) is 7.74. The number of H-pyrrole nitrogens is 1. The van der Waals surface area contributed by atoms with Gasteiger partial charge in [0.1, 0.15) is 5.69 Å². The fourth-order valence-corrected chi connectivity index (χ4v) is 6.60. The van der Waals surface area contributed by atoms with Gasteiger partial charge in [-0.05, 0) is 56.5 Å². The van der Waals surface area contributed by atoms with Crippen LogP contribution in [0.2, 0.25) is 5.02 Å². The Balaban J connectivity index is 1.32. The molecule has 3 heterocycles. The highest BCUT2D eigenvalue weighted by atomic mass is 35.5. The summed E-state index contributed by atoms with van der Waals surface area (Å²) in [5.74, 6) is -0.277. The van der Waals surface area contributed by atoms with E-state index in [-0.39, 0.29) is 35.7 Å². The largest absolute Gasteiger partial charge is 0.351 e. The van der Waals surface area contributed by atoms with E-state index in [0.717, 1.165) is 47.4 Å². The van der Waals surface area contributed by atoms with Gasteiger partial charge in [0.15, 0.2) is 5.01 Å². The van der Waals surface area contributed by atoms with E-state index in [1.165, 1.54) is 11.3 Å². The second-order valence-electron chi connectivity index (χ2n) is 10.6. The van der Waals surface area contributed by atoms with Gasteiger partial charge in [-0.15, -0.1) is 11.3 Å². The number of benzene rings is 1. The minimum atomic E-state index is -0.317. The Morgan fingerprint density at radius 3 is 2.74 bits per heavy atom. The highest BCUT2D eigenvalue weighted by molar-refractivity contribution is 7.13. The van der Waals surface area contributed by atoms with Gasteiger partial charge in [-0.1, -0.05) is 11.6 Å². The van der Waals surface area contributed by atoms with Crippen LogP contribution in [-0.4, -0.2) is 77.3 Å². The molecule has 3 atom stereocenters. The van der Waals surface area contributed by atoms with E-state index < -0.39 is 0 Å². The topological polar surface area (TPSA) is 110 Å². The Bertz CT molecular complexity index is 1370. The molecule has 1 fully saturated rings. The van der Waals surface area contributed by atoms with Crippen LogP contribution in [0.5, 0.6) is 0 Å². The SMILES string of the molecule is CN1CCc2nc(C(=O)N[C@H]3C[C@H](CC(=O)N(C)C)CC[C@H]3NC(=O)c3cc4cc(Cl)ccc4[nH]3)sc2C1. The first-order valence-electron chi connectivity index (χ1n) is 12.9. The molecule has 1 saturated carbocycles. The lowest BCUT2D eigenvalue weighted by Gasteiger charge is -2.37. The Morgan fingerprint density at radius 1 is 1.16 bits per heavy atom. The van der Waals surface area contributed by atoms with E-state index in [1.807, 2.05) is 12.1 Å². The molecule has 0 radical (unpaired) electrons. The second kappa shape index (κ2) is 11.0. The van der Waals surface area contributed by atoms with Crippen molar-refractivity contribution in [2.45, 2.75) is 50.7 Å². The molecule has 202 valence electrons. The number of rotatable bonds is 6. The lowest BCUT2D eigenvalue weighted by Crippen LogP contribution is -2.54. The number of nitrogens with one attached hydrogen (secondary N) is 3. The number of likely N-dealkylation sites (N-methyl/N-ethyl adjacent to an activating group) is 1. The molecule has 1 aliphatic carbocycles. The van der Waals surface area contributed by atoms with Crippen molar-refractivity contribution in [2.75, 3.05) is 27.7 Å². The molecule has 0 bridgehead atoms. The van der Waals surface area contributed by atoms with Crippen LogP contribution in [0.15, 0.2) is 24.3 Å². The maximum atomic E-state index is 13.3. The van der Waals surface area contributed by atoms with Crippen molar-refractivity contribution in [3.05, 3.63) is 50.6 Å². The van der Waals surface area contributed by atoms with Crippen molar-refractivity contribution in [3.8, 4) is 0 Å². The maximum Gasteiger partial charge on any atom is 0.280 e. The summed E-state index contributed by atoms with van der Waals surface area (Å²) in [7, 11) is 5.57. The van der Waals surface area contributed by atoms with Crippen LogP contribution >= 0.6 is 22.9 Å². The van der Waals surface area contributed by atoms with Crippen LogP contribution in [-0.2, 0) is 17.8 Å². The summed E-state index contributed by atoms with van der Waals surface area (Å²) in [5, 5.41) is 8.20. The third-order valence-electron chi connectivity index (χ3n) is 7.50. The number of aromatic nitrogens is 2. The van der Waals surface area contributed by atoms with Crippen LogP contribution in [0.25, 0.3) is 10.9 Å². The van der Waals surface area contributed by atoms with E-state index in [4.69, 9.17) is 11.6 Å². The summed E-state index contributed by atoms with van der Waals surface area (Å²) in [6, 6.07) is 6.62. The van der Waals surface area contributed by atoms with E-state index in [0.29, 0.717) is 35.0 Å². The molecule has 1 aromatic carbocycles. The molecular weight excluding hydrogens is 524 g/mol. The number of aromatic amines is 1. The quantitative estimate of drug-likeness (QED) is 0.431. The lowest BCUT2D eigenvalue weighted by atomic mass is 9.80. The molecule has 0 spiro atoms. The molecule has 11 heteroatoms. The van der Waals surface area contributed by atoms with Crippen LogP contribution in [0.3, 0.4) is 0 Å². The molecular formula is C27H33ClN6O3S. The standard InChI is InChI=1S/C27H33ClN6O3S/c1-33(2)24(35)11-15-4-6-19(30-25(36)22-13-16-12-17(28)5-7-18(16)29-22)21(10-15)31-26(37)27-32-20-8-9-34(3)14-23(20)38-27/h5,7,12-13,15,19,21,29H,4,6,8-11,14H2,1-3H3,(H,30,36)(H,31,37)/t15-,19-,21+/m1/s1. The number of carbonyl (C=O) groups is 3. The van der Waals surface area contributed by atoms with Crippen LogP contribution < -0.4 is 10.6 Å². The zero-order chi connectivity index (χ0) is 27.0. The molecule has 0 unspecified atom stereocenters. The van der Waals surface area contributed by atoms with E-state index in [1.54, 1.807) is 31.1 Å². The smallest absolute Gasteiger partial charge is 0.280 e. The van der Waals surface area contributed by atoms with Crippen molar-refractivity contribution >= 4 is 51.6 Å². The number of amides is 3. The van der Waals surface area contributed by atoms with Gasteiger partial charge in [0.2, 0.25) is 5.91 Å². The number of hydrogen-bond acceptors (Lipinski definition) is 6. The van der Waals surface area contributed by atoms with Crippen molar-refractivity contribution in [1.82, 2.24) is 30.4 Å². The third-order valence-corrected chi connectivity index (χ3v) is 8.81. The first-order valence-corrected chi connectivity index (χ1v) is 14.1. The van der Waals surface area contributed by atoms with E-state index >= 15 is 0 Å². The summed E-state index contributed by atoms with van der Waals surface area (Å²) in [5.41, 5.74) is 2.27. The Morgan fingerprint density at radius 2 is 1.95 bits per heavy atom. The number of carbonyl (C=O) groups excluding carboxylic acids is 3. The summed E-state index contributed by atoms with van der Waals surface area (Å²) < 4.78 is 0. The van der Waals surface area contributed by atoms with Crippen LogP contribution in [0, 0.1) is 5.92 Å². The molecule has 38 heavy (non-hydrogen) atoms. The fourth-order valence-electron chi connectivity index (χ4n) is 5.33. The molecule has 0 saturated heterocycles. The van der Waals surface area contributed by atoms with E-state index in [9.17, 15) is 14.4 Å². The average Bonchev–Trinajstić information content (AvgIpc) is 3.49. The summed E-state index contributed by atoms with van der Waals surface area (Å²) in [6.45, 7) is 1.73. The normalized spacial score (nSPS) is 21.6. The van der Waals surface area contributed by atoms with Gasteiger partial charge >= 0.3 is 0 Å². The summed E-state index contributed by atoms with van der Waals surface area (Å²) in [6.07, 6.45) is 3.31. The first kappa shape index (κ1) is 26.6. The van der Waals surface area contributed by atoms with Gasteiger partial charge < -0.3 is 25.4 Å². The van der Waals surface area contributed by atoms with E-state index in [2.05, 4.69) is 32.5 Å². The third kappa shape index (κ3) is 5.87. The van der Waals surface area contributed by atoms with Gasteiger partial charge in [-0.25, -0.2) is 4.98 Å². The number of hydrogen-bond donors (Lipinski definition) is 3. The van der Waals surface area contributed by atoms with Gasteiger partial charge in [0.25, 0.3) is 11.8 Å². The van der Waals surface area contributed by atoms with Gasteiger partial charge in [0.05, 0.1) is 5.69 Å². The van der Waals surface area contributed by atoms with Crippen molar-refractivity contribution in [1.29, 1.82) is 0 Å². The predicted octanol–water partition coefficient (Wildman–Crippen LogP) is 3.44. The van der Waals surface area contributed by atoms with Gasteiger partial charge in [-0.3, -0.25) is 14.4 Å². The Labute approximate surface area is 230 Å². The van der Waals surface area contributed by atoms with Gasteiger partial charge in [-0.2, -0.15) is 0 Å². The Hall–Kier alpha value is -2.95. The van der Waals surface area contributed by atoms with Crippen molar-refractivity contribution in [3.63, 3.8) is 0 Å². The molecule has 9 nitrogen and oxygen atoms in total. The summed E-state index contributed by atoms with van der Waals surface area (Å²) in [4.78, 5) is 51.7. The highest BCUT2D eigenvalue weighted by Crippen LogP contribution is 2.30. The zero-order valence-corrected chi connectivity index (χ0v) is 23.4. The zero-order valence-electron chi connectivity index (χ0n) is 21.8. The molecule has 2 aromatic heterocycles. The number of halogens is 1. The molecule has 2 aliphatic rings. The number of nitrogens with zero attached hydrogens (tertiary/aromatic N) is 3. The minimum absolute atomic E-state index is 0.0658. The molecule has 3 amide bonds. The first-order chi connectivity index (χ1) is 18.2. The minimum Gasteiger partial charge on any atom is -0.351 e. The predicted molar refractivity (Wildman–Crippen MR) is 149 cm³/mol. The lowest BCUT2D eigenvalue weighted by molar-refractivity contribution is -0.130. The molecule has 1 aliphatic heterocycles. The monoisotopic (exact) mass is 556 g/mol. The second-order valence-corrected chi connectivity index (χ2v) is 12.1.